The standard InChI is InChI=1S/C23H25N3O3S2/c24-31(28,29)19-8-6-17(7-9-19)10-13-25-22(27)16-26-14-11-21-20(12-15-30-21)23(26)18-4-2-1-3-5-18/h1-9,12,15,23H,10-11,13-14,16H2,(H,25,27)(H2,24,28,29). The van der Waals surface area contributed by atoms with E-state index in [0.29, 0.717) is 19.5 Å². The average molecular weight is 456 g/mol. The van der Waals surface area contributed by atoms with E-state index < -0.39 is 10.0 Å². The first-order valence-electron chi connectivity index (χ1n) is 10.2. The van der Waals surface area contributed by atoms with Gasteiger partial charge in [-0.3, -0.25) is 9.69 Å². The summed E-state index contributed by atoms with van der Waals surface area (Å²) in [6.45, 7) is 1.66. The van der Waals surface area contributed by atoms with Crippen LogP contribution in [0.1, 0.15) is 27.6 Å². The molecule has 0 radical (unpaired) electrons. The highest BCUT2D eigenvalue weighted by atomic mass is 32.2. The van der Waals surface area contributed by atoms with Crippen molar-refractivity contribution in [3.63, 3.8) is 0 Å². The van der Waals surface area contributed by atoms with Crippen molar-refractivity contribution in [2.45, 2.75) is 23.8 Å². The Bertz CT molecular complexity index is 1140. The summed E-state index contributed by atoms with van der Waals surface area (Å²) in [6, 6.07) is 19.0. The molecule has 6 nitrogen and oxygen atoms in total. The summed E-state index contributed by atoms with van der Waals surface area (Å²) in [6.07, 6.45) is 1.58. The molecule has 0 bridgehead atoms. The molecule has 1 aliphatic rings. The fourth-order valence-electron chi connectivity index (χ4n) is 4.00. The van der Waals surface area contributed by atoms with E-state index in [2.05, 4.69) is 33.8 Å². The molecule has 31 heavy (non-hydrogen) atoms. The fraction of sp³-hybridized carbons (Fsp3) is 0.261. The first-order chi connectivity index (χ1) is 14.9. The molecular weight excluding hydrogens is 430 g/mol. The van der Waals surface area contributed by atoms with E-state index in [1.807, 2.05) is 18.2 Å². The number of rotatable bonds is 7. The van der Waals surface area contributed by atoms with Gasteiger partial charge in [-0.15, -0.1) is 11.3 Å². The third kappa shape index (κ3) is 5.22. The molecule has 0 saturated carbocycles. The van der Waals surface area contributed by atoms with Crippen LogP contribution in [0.5, 0.6) is 0 Å². The number of thiophene rings is 1. The lowest BCUT2D eigenvalue weighted by molar-refractivity contribution is -0.122. The molecule has 0 saturated heterocycles. The van der Waals surface area contributed by atoms with Crippen LogP contribution in [0.4, 0.5) is 0 Å². The van der Waals surface area contributed by atoms with Crippen molar-refractivity contribution in [3.8, 4) is 0 Å². The predicted molar refractivity (Wildman–Crippen MR) is 122 cm³/mol. The number of fused-ring (bicyclic) bond motifs is 1. The van der Waals surface area contributed by atoms with Crippen LogP contribution >= 0.6 is 11.3 Å². The molecule has 1 aliphatic heterocycles. The second-order valence-corrected chi connectivity index (χ2v) is 10.2. The Morgan fingerprint density at radius 3 is 2.55 bits per heavy atom. The van der Waals surface area contributed by atoms with E-state index in [4.69, 9.17) is 5.14 Å². The minimum absolute atomic E-state index is 0.0132. The van der Waals surface area contributed by atoms with Gasteiger partial charge in [0.25, 0.3) is 0 Å². The monoisotopic (exact) mass is 455 g/mol. The molecule has 8 heteroatoms. The summed E-state index contributed by atoms with van der Waals surface area (Å²) in [5.74, 6) is -0.0132. The van der Waals surface area contributed by atoms with Crippen molar-refractivity contribution < 1.29 is 13.2 Å². The van der Waals surface area contributed by atoms with Gasteiger partial charge >= 0.3 is 0 Å². The molecule has 0 spiro atoms. The maximum Gasteiger partial charge on any atom is 0.238 e. The molecule has 3 N–H and O–H groups in total. The Kier molecular flexibility index (Phi) is 6.52. The van der Waals surface area contributed by atoms with Gasteiger partial charge in [0.1, 0.15) is 0 Å². The van der Waals surface area contributed by atoms with Crippen LogP contribution in [0.25, 0.3) is 0 Å². The molecule has 4 rings (SSSR count). The molecule has 3 aromatic rings. The zero-order valence-corrected chi connectivity index (χ0v) is 18.7. The first kappa shape index (κ1) is 21.7. The van der Waals surface area contributed by atoms with Crippen molar-refractivity contribution >= 4 is 27.3 Å². The van der Waals surface area contributed by atoms with Gasteiger partial charge in [0.2, 0.25) is 15.9 Å². The summed E-state index contributed by atoms with van der Waals surface area (Å²) in [7, 11) is -3.69. The summed E-state index contributed by atoms with van der Waals surface area (Å²) >= 11 is 1.79. The smallest absolute Gasteiger partial charge is 0.238 e. The molecule has 2 heterocycles. The van der Waals surface area contributed by atoms with Gasteiger partial charge in [-0.05, 0) is 53.1 Å². The molecule has 2 aromatic carbocycles. The highest BCUT2D eigenvalue weighted by Gasteiger charge is 2.30. The van der Waals surface area contributed by atoms with E-state index in [0.717, 1.165) is 18.5 Å². The fourth-order valence-corrected chi connectivity index (χ4v) is 5.42. The van der Waals surface area contributed by atoms with E-state index >= 15 is 0 Å². The first-order valence-corrected chi connectivity index (χ1v) is 12.6. The van der Waals surface area contributed by atoms with Gasteiger partial charge in [0.05, 0.1) is 17.5 Å². The van der Waals surface area contributed by atoms with Crippen molar-refractivity contribution in [2.75, 3.05) is 19.6 Å². The van der Waals surface area contributed by atoms with E-state index in [9.17, 15) is 13.2 Å². The Morgan fingerprint density at radius 1 is 1.10 bits per heavy atom. The highest BCUT2D eigenvalue weighted by molar-refractivity contribution is 7.89. The number of carbonyl (C=O) groups is 1. The summed E-state index contributed by atoms with van der Waals surface area (Å²) in [5, 5.41) is 10.2. The minimum Gasteiger partial charge on any atom is -0.355 e. The van der Waals surface area contributed by atoms with Crippen LogP contribution in [-0.2, 0) is 27.7 Å². The molecule has 1 unspecified atom stereocenters. The van der Waals surface area contributed by atoms with Gasteiger partial charge in [0, 0.05) is 18.0 Å². The summed E-state index contributed by atoms with van der Waals surface area (Å²) in [4.78, 5) is 16.4. The number of hydrogen-bond donors (Lipinski definition) is 2. The maximum atomic E-state index is 12.7. The zero-order valence-electron chi connectivity index (χ0n) is 17.0. The van der Waals surface area contributed by atoms with Crippen molar-refractivity contribution in [3.05, 3.63) is 87.6 Å². The van der Waals surface area contributed by atoms with E-state index in [1.54, 1.807) is 23.5 Å². The molecule has 162 valence electrons. The number of benzene rings is 2. The number of primary sulfonamides is 1. The topological polar surface area (TPSA) is 92.5 Å². The minimum atomic E-state index is -3.69. The number of sulfonamides is 1. The van der Waals surface area contributed by atoms with Crippen LogP contribution < -0.4 is 10.5 Å². The van der Waals surface area contributed by atoms with Gasteiger partial charge < -0.3 is 5.32 Å². The Balaban J connectivity index is 1.36. The number of nitrogens with one attached hydrogen (secondary N) is 1. The maximum absolute atomic E-state index is 12.7. The van der Waals surface area contributed by atoms with Crippen LogP contribution in [0.2, 0.25) is 0 Å². The van der Waals surface area contributed by atoms with Gasteiger partial charge in [-0.2, -0.15) is 0 Å². The Morgan fingerprint density at radius 2 is 1.84 bits per heavy atom. The Hall–Kier alpha value is -2.52. The van der Waals surface area contributed by atoms with Gasteiger partial charge in [-0.25, -0.2) is 13.6 Å². The molecular formula is C23H25N3O3S2. The Labute approximate surface area is 186 Å². The second kappa shape index (κ2) is 9.32. The quantitative estimate of drug-likeness (QED) is 0.573. The van der Waals surface area contributed by atoms with Gasteiger partial charge in [-0.1, -0.05) is 42.5 Å². The van der Waals surface area contributed by atoms with Crippen molar-refractivity contribution in [1.29, 1.82) is 0 Å². The van der Waals surface area contributed by atoms with E-state index in [-0.39, 0.29) is 16.8 Å². The number of carbonyl (C=O) groups excluding carboxylic acids is 1. The molecule has 1 aromatic heterocycles. The lowest BCUT2D eigenvalue weighted by atomic mass is 9.93. The number of hydrogen-bond acceptors (Lipinski definition) is 5. The molecule has 1 amide bonds. The van der Waals surface area contributed by atoms with Crippen molar-refractivity contribution in [1.82, 2.24) is 10.2 Å². The lowest BCUT2D eigenvalue weighted by Gasteiger charge is -2.35. The zero-order chi connectivity index (χ0) is 21.8. The second-order valence-electron chi connectivity index (χ2n) is 7.62. The van der Waals surface area contributed by atoms with Crippen LogP contribution in [0.3, 0.4) is 0 Å². The molecule has 1 atom stereocenters. The molecule has 0 fully saturated rings. The van der Waals surface area contributed by atoms with Crippen LogP contribution in [0.15, 0.2) is 70.9 Å². The van der Waals surface area contributed by atoms with Crippen LogP contribution in [0, 0.1) is 0 Å². The molecule has 0 aliphatic carbocycles. The SMILES string of the molecule is NS(=O)(=O)c1ccc(CCNC(=O)CN2CCc3sccc3C2c2ccccc2)cc1. The van der Waals surface area contributed by atoms with E-state index in [1.165, 1.54) is 28.1 Å². The third-order valence-corrected chi connectivity index (χ3v) is 7.44. The van der Waals surface area contributed by atoms with Crippen LogP contribution in [-0.4, -0.2) is 38.9 Å². The lowest BCUT2D eigenvalue weighted by Crippen LogP contribution is -2.43. The average Bonchev–Trinajstić information content (AvgIpc) is 3.23. The third-order valence-electron chi connectivity index (χ3n) is 5.52. The number of amides is 1. The van der Waals surface area contributed by atoms with Crippen molar-refractivity contribution in [2.24, 2.45) is 5.14 Å². The number of nitrogens with two attached hydrogens (primary N) is 1. The summed E-state index contributed by atoms with van der Waals surface area (Å²) in [5.41, 5.74) is 3.44. The highest BCUT2D eigenvalue weighted by Crippen LogP contribution is 2.37. The largest absolute Gasteiger partial charge is 0.355 e. The summed E-state index contributed by atoms with van der Waals surface area (Å²) < 4.78 is 22.7. The predicted octanol–water partition coefficient (Wildman–Crippen LogP) is 2.70. The number of nitrogens with zero attached hydrogens (tertiary/aromatic N) is 1. The van der Waals surface area contributed by atoms with Gasteiger partial charge in [0.15, 0.2) is 0 Å². The normalized spacial score (nSPS) is 16.6.